The van der Waals surface area contributed by atoms with Gasteiger partial charge < -0.3 is 4.57 Å². The van der Waals surface area contributed by atoms with Crippen LogP contribution in [0.15, 0.2) is 18.2 Å². The van der Waals surface area contributed by atoms with Gasteiger partial charge in [-0.25, -0.2) is 9.37 Å². The van der Waals surface area contributed by atoms with Crippen LogP contribution in [0.4, 0.5) is 4.39 Å². The molecule has 0 unspecified atom stereocenters. The second-order valence-corrected chi connectivity index (χ2v) is 3.34. The fourth-order valence-electron chi connectivity index (χ4n) is 1.70. The molecule has 4 heteroatoms. The lowest BCUT2D eigenvalue weighted by molar-refractivity contribution is 0.1000. The van der Waals surface area contributed by atoms with E-state index in [4.69, 9.17) is 0 Å². The zero-order valence-corrected chi connectivity index (χ0v) is 8.62. The first-order valence-electron chi connectivity index (χ1n) is 4.80. The molecule has 0 atom stereocenters. The number of halogens is 1. The van der Waals surface area contributed by atoms with E-state index in [-0.39, 0.29) is 17.1 Å². The summed E-state index contributed by atoms with van der Waals surface area (Å²) in [6.45, 7) is 3.94. The topological polar surface area (TPSA) is 34.9 Å². The number of aryl methyl sites for hydroxylation is 1. The Kier molecular flexibility index (Phi) is 2.26. The Morgan fingerprint density at radius 1 is 1.53 bits per heavy atom. The van der Waals surface area contributed by atoms with Crippen LogP contribution in [-0.2, 0) is 6.54 Å². The molecule has 0 aliphatic heterocycles. The highest BCUT2D eigenvalue weighted by Gasteiger charge is 2.14. The highest BCUT2D eigenvalue weighted by Crippen LogP contribution is 2.19. The molecule has 2 rings (SSSR count). The fraction of sp³-hybridized carbons (Fsp3) is 0.273. The van der Waals surface area contributed by atoms with Gasteiger partial charge in [-0.3, -0.25) is 4.79 Å². The Labute approximate surface area is 86.5 Å². The second-order valence-electron chi connectivity index (χ2n) is 3.34. The van der Waals surface area contributed by atoms with Gasteiger partial charge in [0.15, 0.2) is 17.4 Å². The molecule has 1 heterocycles. The molecule has 0 amide bonds. The molecule has 0 saturated carbocycles. The van der Waals surface area contributed by atoms with Crippen LogP contribution in [0, 0.1) is 5.82 Å². The Morgan fingerprint density at radius 2 is 2.27 bits per heavy atom. The molecule has 1 aromatic carbocycles. The van der Waals surface area contributed by atoms with Crippen LogP contribution < -0.4 is 0 Å². The number of benzene rings is 1. The van der Waals surface area contributed by atoms with Crippen LogP contribution in [0.3, 0.4) is 0 Å². The van der Waals surface area contributed by atoms with Gasteiger partial charge in [-0.1, -0.05) is 6.07 Å². The molecular weight excluding hydrogens is 195 g/mol. The van der Waals surface area contributed by atoms with E-state index in [0.717, 1.165) is 0 Å². The lowest BCUT2D eigenvalue weighted by Crippen LogP contribution is -2.05. The number of fused-ring (bicyclic) bond motifs is 1. The molecule has 0 spiro atoms. The number of carbonyl (C=O) groups is 1. The number of aromatic nitrogens is 2. The number of hydrogen-bond acceptors (Lipinski definition) is 2. The van der Waals surface area contributed by atoms with Crippen LogP contribution in [0.1, 0.15) is 24.5 Å². The van der Waals surface area contributed by atoms with Gasteiger partial charge in [0, 0.05) is 13.5 Å². The minimum Gasteiger partial charge on any atom is -0.322 e. The third kappa shape index (κ3) is 1.42. The van der Waals surface area contributed by atoms with Gasteiger partial charge in [0.1, 0.15) is 5.52 Å². The number of para-hydroxylation sites is 1. The minimum atomic E-state index is -0.387. The molecule has 0 N–H and O–H groups in total. The zero-order chi connectivity index (χ0) is 11.0. The van der Waals surface area contributed by atoms with Gasteiger partial charge >= 0.3 is 0 Å². The first-order chi connectivity index (χ1) is 7.15. The third-order valence-corrected chi connectivity index (χ3v) is 2.36. The van der Waals surface area contributed by atoms with Crippen LogP contribution in [-0.4, -0.2) is 15.3 Å². The lowest BCUT2D eigenvalue weighted by Gasteiger charge is -2.01. The number of nitrogens with zero attached hydrogens (tertiary/aromatic N) is 2. The summed E-state index contributed by atoms with van der Waals surface area (Å²) in [5.41, 5.74) is 0.937. The van der Waals surface area contributed by atoms with Gasteiger partial charge in [-0.2, -0.15) is 0 Å². The number of Topliss-reactive ketones (excluding diaryl/α,β-unsaturated/α-hetero) is 1. The molecule has 0 aliphatic rings. The smallest absolute Gasteiger partial charge is 0.195 e. The molecule has 2 aromatic rings. The predicted molar refractivity (Wildman–Crippen MR) is 55.4 cm³/mol. The van der Waals surface area contributed by atoms with Crippen molar-refractivity contribution in [2.24, 2.45) is 0 Å². The summed E-state index contributed by atoms with van der Waals surface area (Å²) in [6.07, 6.45) is 0. The van der Waals surface area contributed by atoms with E-state index in [1.165, 1.54) is 13.0 Å². The largest absolute Gasteiger partial charge is 0.322 e. The number of hydrogen-bond donors (Lipinski definition) is 0. The Hall–Kier alpha value is -1.71. The average molecular weight is 206 g/mol. The number of carbonyl (C=O) groups excluding carboxylic acids is 1. The minimum absolute atomic E-state index is 0.146. The van der Waals surface area contributed by atoms with Crippen molar-refractivity contribution in [3.8, 4) is 0 Å². The molecule has 3 nitrogen and oxygen atoms in total. The van der Waals surface area contributed by atoms with Crippen molar-refractivity contribution >= 4 is 16.8 Å². The van der Waals surface area contributed by atoms with Crippen molar-refractivity contribution in [3.05, 3.63) is 29.8 Å². The Morgan fingerprint density at radius 3 is 2.87 bits per heavy atom. The Bertz CT molecular complexity index is 531. The van der Waals surface area contributed by atoms with Gasteiger partial charge in [0.05, 0.1) is 5.52 Å². The normalized spacial score (nSPS) is 10.9. The molecule has 0 aliphatic carbocycles. The van der Waals surface area contributed by atoms with E-state index < -0.39 is 0 Å². The van der Waals surface area contributed by atoms with E-state index in [0.29, 0.717) is 17.9 Å². The maximum atomic E-state index is 13.4. The fourth-order valence-corrected chi connectivity index (χ4v) is 1.70. The molecule has 0 fully saturated rings. The highest BCUT2D eigenvalue weighted by molar-refractivity contribution is 5.94. The third-order valence-electron chi connectivity index (χ3n) is 2.36. The summed E-state index contributed by atoms with van der Waals surface area (Å²) in [5, 5.41) is 0. The molecule has 15 heavy (non-hydrogen) atoms. The highest BCUT2D eigenvalue weighted by atomic mass is 19.1. The summed E-state index contributed by atoms with van der Waals surface area (Å²) >= 11 is 0. The molecular formula is C11H11FN2O. The first kappa shape index (κ1) is 9.83. The standard InChI is InChI=1S/C11H11FN2O/c1-3-14-9-6-4-5-8(12)10(9)13-11(14)7(2)15/h4-6H,3H2,1-2H3. The molecule has 0 radical (unpaired) electrons. The maximum absolute atomic E-state index is 13.4. The van der Waals surface area contributed by atoms with Crippen molar-refractivity contribution < 1.29 is 9.18 Å². The van der Waals surface area contributed by atoms with Crippen molar-refractivity contribution in [1.82, 2.24) is 9.55 Å². The zero-order valence-electron chi connectivity index (χ0n) is 8.62. The summed E-state index contributed by atoms with van der Waals surface area (Å²) in [6, 6.07) is 4.73. The molecule has 78 valence electrons. The lowest BCUT2D eigenvalue weighted by atomic mass is 10.3. The van der Waals surface area contributed by atoms with Crippen molar-refractivity contribution in [2.45, 2.75) is 20.4 Å². The molecule has 0 bridgehead atoms. The van der Waals surface area contributed by atoms with Crippen LogP contribution in [0.25, 0.3) is 11.0 Å². The molecule has 0 saturated heterocycles. The monoisotopic (exact) mass is 206 g/mol. The van der Waals surface area contributed by atoms with Gasteiger partial charge in [-0.05, 0) is 19.1 Å². The summed E-state index contributed by atoms with van der Waals surface area (Å²) < 4.78 is 15.1. The van der Waals surface area contributed by atoms with Crippen LogP contribution in [0.2, 0.25) is 0 Å². The van der Waals surface area contributed by atoms with Gasteiger partial charge in [-0.15, -0.1) is 0 Å². The quantitative estimate of drug-likeness (QED) is 0.707. The predicted octanol–water partition coefficient (Wildman–Crippen LogP) is 2.40. The average Bonchev–Trinajstić information content (AvgIpc) is 2.57. The first-order valence-corrected chi connectivity index (χ1v) is 4.80. The summed E-state index contributed by atoms with van der Waals surface area (Å²) in [4.78, 5) is 15.3. The summed E-state index contributed by atoms with van der Waals surface area (Å²) in [7, 11) is 0. The SMILES string of the molecule is CCn1c(C(C)=O)nc2c(F)cccc21. The van der Waals surface area contributed by atoms with Crippen molar-refractivity contribution in [3.63, 3.8) is 0 Å². The van der Waals surface area contributed by atoms with Crippen LogP contribution in [0.5, 0.6) is 0 Å². The van der Waals surface area contributed by atoms with Crippen LogP contribution >= 0.6 is 0 Å². The number of ketones is 1. The van der Waals surface area contributed by atoms with Gasteiger partial charge in [0.2, 0.25) is 0 Å². The molecule has 1 aromatic heterocycles. The van der Waals surface area contributed by atoms with Crippen molar-refractivity contribution in [1.29, 1.82) is 0 Å². The second kappa shape index (κ2) is 3.46. The van der Waals surface area contributed by atoms with E-state index in [2.05, 4.69) is 4.98 Å². The Balaban J connectivity index is 2.84. The van der Waals surface area contributed by atoms with Gasteiger partial charge in [0.25, 0.3) is 0 Å². The number of imidazole rings is 1. The van der Waals surface area contributed by atoms with E-state index in [9.17, 15) is 9.18 Å². The van der Waals surface area contributed by atoms with E-state index >= 15 is 0 Å². The van der Waals surface area contributed by atoms with Crippen molar-refractivity contribution in [2.75, 3.05) is 0 Å². The maximum Gasteiger partial charge on any atom is 0.195 e. The summed E-state index contributed by atoms with van der Waals surface area (Å²) in [5.74, 6) is -0.216. The number of rotatable bonds is 2. The van der Waals surface area contributed by atoms with E-state index in [1.807, 2.05) is 6.92 Å². The van der Waals surface area contributed by atoms with E-state index in [1.54, 1.807) is 16.7 Å².